The molecule has 0 bridgehead atoms. The first-order valence-corrected chi connectivity index (χ1v) is 7.05. The van der Waals surface area contributed by atoms with Crippen LogP contribution >= 0.6 is 0 Å². The maximum atomic E-state index is 13.4. The van der Waals surface area contributed by atoms with E-state index in [4.69, 9.17) is 0 Å². The minimum absolute atomic E-state index is 0.243. The normalized spacial score (nSPS) is 10.7. The van der Waals surface area contributed by atoms with Crippen molar-refractivity contribution < 1.29 is 8.78 Å². The Hall–Kier alpha value is -1.94. The highest BCUT2D eigenvalue weighted by atomic mass is 19.1. The molecule has 0 aliphatic rings. The van der Waals surface area contributed by atoms with E-state index in [1.54, 1.807) is 18.2 Å². The van der Waals surface area contributed by atoms with Crippen molar-refractivity contribution in [2.75, 3.05) is 18.5 Å². The Morgan fingerprint density at radius 3 is 2.52 bits per heavy atom. The first-order chi connectivity index (χ1) is 10.1. The standard InChI is InChI=1S/C17H20F2N2/c1-3-20-11-14-10-16(19)7-8-17(14)21(2)12-13-5-4-6-15(18)9-13/h4-10,20H,3,11-12H2,1-2H3. The van der Waals surface area contributed by atoms with Crippen molar-refractivity contribution in [3.63, 3.8) is 0 Å². The van der Waals surface area contributed by atoms with Crippen LogP contribution in [-0.4, -0.2) is 13.6 Å². The third-order valence-electron chi connectivity index (χ3n) is 3.33. The topological polar surface area (TPSA) is 15.3 Å². The fraction of sp³-hybridized carbons (Fsp3) is 0.294. The third-order valence-corrected chi connectivity index (χ3v) is 3.33. The third kappa shape index (κ3) is 4.26. The van der Waals surface area contributed by atoms with Crippen molar-refractivity contribution in [3.8, 4) is 0 Å². The number of hydrogen-bond acceptors (Lipinski definition) is 2. The van der Waals surface area contributed by atoms with E-state index in [1.807, 2.05) is 24.9 Å². The van der Waals surface area contributed by atoms with Crippen LogP contribution in [0.15, 0.2) is 42.5 Å². The van der Waals surface area contributed by atoms with E-state index in [2.05, 4.69) is 5.32 Å². The summed E-state index contributed by atoms with van der Waals surface area (Å²) in [7, 11) is 1.92. The number of benzene rings is 2. The molecule has 0 radical (unpaired) electrons. The van der Waals surface area contributed by atoms with Gasteiger partial charge in [-0.2, -0.15) is 0 Å². The van der Waals surface area contributed by atoms with Crippen molar-refractivity contribution in [1.29, 1.82) is 0 Å². The minimum atomic E-state index is -0.245. The monoisotopic (exact) mass is 290 g/mol. The molecular weight excluding hydrogens is 270 g/mol. The quantitative estimate of drug-likeness (QED) is 0.872. The average Bonchev–Trinajstić information content (AvgIpc) is 2.45. The highest BCUT2D eigenvalue weighted by Gasteiger charge is 2.09. The van der Waals surface area contributed by atoms with Gasteiger partial charge in [0.25, 0.3) is 0 Å². The Bertz CT molecular complexity index is 599. The molecule has 0 aromatic heterocycles. The smallest absolute Gasteiger partial charge is 0.123 e. The summed E-state index contributed by atoms with van der Waals surface area (Å²) in [4.78, 5) is 2.00. The number of halogens is 2. The van der Waals surface area contributed by atoms with Crippen LogP contribution in [0.1, 0.15) is 18.1 Å². The average molecular weight is 290 g/mol. The number of nitrogens with zero attached hydrogens (tertiary/aromatic N) is 1. The highest BCUT2D eigenvalue weighted by Crippen LogP contribution is 2.22. The van der Waals surface area contributed by atoms with Crippen LogP contribution in [-0.2, 0) is 13.1 Å². The largest absolute Gasteiger partial charge is 0.370 e. The Balaban J connectivity index is 2.19. The van der Waals surface area contributed by atoms with Crippen molar-refractivity contribution >= 4 is 5.69 Å². The molecule has 0 atom stereocenters. The molecule has 4 heteroatoms. The van der Waals surface area contributed by atoms with Crippen LogP contribution in [0.3, 0.4) is 0 Å². The fourth-order valence-corrected chi connectivity index (χ4v) is 2.32. The molecular formula is C17H20F2N2. The van der Waals surface area contributed by atoms with Gasteiger partial charge in [-0.3, -0.25) is 0 Å². The van der Waals surface area contributed by atoms with E-state index in [1.165, 1.54) is 18.2 Å². The van der Waals surface area contributed by atoms with Crippen molar-refractivity contribution in [2.24, 2.45) is 0 Å². The molecule has 0 saturated carbocycles. The summed E-state index contributed by atoms with van der Waals surface area (Å²) in [6.07, 6.45) is 0. The summed E-state index contributed by atoms with van der Waals surface area (Å²) in [6, 6.07) is 11.3. The minimum Gasteiger partial charge on any atom is -0.370 e. The molecule has 112 valence electrons. The molecule has 0 fully saturated rings. The van der Waals surface area contributed by atoms with Crippen LogP contribution in [0, 0.1) is 11.6 Å². The molecule has 0 heterocycles. The van der Waals surface area contributed by atoms with E-state index < -0.39 is 0 Å². The number of rotatable bonds is 6. The number of anilines is 1. The molecule has 21 heavy (non-hydrogen) atoms. The summed E-state index contributed by atoms with van der Waals surface area (Å²) < 4.78 is 26.7. The molecule has 2 aromatic rings. The maximum absolute atomic E-state index is 13.4. The first-order valence-electron chi connectivity index (χ1n) is 7.05. The lowest BCUT2D eigenvalue weighted by molar-refractivity contribution is 0.621. The molecule has 1 N–H and O–H groups in total. The summed E-state index contributed by atoms with van der Waals surface area (Å²) in [5.41, 5.74) is 2.73. The highest BCUT2D eigenvalue weighted by molar-refractivity contribution is 5.53. The predicted molar refractivity (Wildman–Crippen MR) is 82.3 cm³/mol. The Morgan fingerprint density at radius 1 is 1.05 bits per heavy atom. The second-order valence-electron chi connectivity index (χ2n) is 5.04. The summed E-state index contributed by atoms with van der Waals surface area (Å²) in [5.74, 6) is -0.487. The molecule has 0 aliphatic carbocycles. The predicted octanol–water partition coefficient (Wildman–Crippen LogP) is 3.71. The van der Waals surface area contributed by atoms with Crippen LogP contribution in [0.25, 0.3) is 0 Å². The Morgan fingerprint density at radius 2 is 1.81 bits per heavy atom. The zero-order valence-electron chi connectivity index (χ0n) is 12.4. The van der Waals surface area contributed by atoms with E-state index in [-0.39, 0.29) is 11.6 Å². The Labute approximate surface area is 124 Å². The van der Waals surface area contributed by atoms with Crippen LogP contribution in [0.2, 0.25) is 0 Å². The molecule has 0 unspecified atom stereocenters. The number of hydrogen-bond donors (Lipinski definition) is 1. The summed E-state index contributed by atoms with van der Waals surface area (Å²) in [5, 5.41) is 3.21. The zero-order chi connectivity index (χ0) is 15.2. The van der Waals surface area contributed by atoms with Gasteiger partial charge in [0, 0.05) is 25.8 Å². The lowest BCUT2D eigenvalue weighted by Gasteiger charge is -2.23. The van der Waals surface area contributed by atoms with Gasteiger partial charge in [0.2, 0.25) is 0 Å². The molecule has 2 aromatic carbocycles. The molecule has 0 amide bonds. The van der Waals surface area contributed by atoms with E-state index in [9.17, 15) is 8.78 Å². The van der Waals surface area contributed by atoms with Gasteiger partial charge in [0.05, 0.1) is 0 Å². The van der Waals surface area contributed by atoms with Crippen molar-refractivity contribution in [3.05, 3.63) is 65.2 Å². The van der Waals surface area contributed by atoms with Gasteiger partial charge in [-0.05, 0) is 48.0 Å². The summed E-state index contributed by atoms with van der Waals surface area (Å²) >= 11 is 0. The molecule has 2 nitrogen and oxygen atoms in total. The lowest BCUT2D eigenvalue weighted by Crippen LogP contribution is -2.21. The van der Waals surface area contributed by atoms with E-state index >= 15 is 0 Å². The van der Waals surface area contributed by atoms with Crippen LogP contribution in [0.5, 0.6) is 0 Å². The van der Waals surface area contributed by atoms with Gasteiger partial charge >= 0.3 is 0 Å². The van der Waals surface area contributed by atoms with Crippen molar-refractivity contribution in [1.82, 2.24) is 5.32 Å². The molecule has 0 spiro atoms. The van der Waals surface area contributed by atoms with Gasteiger partial charge in [-0.15, -0.1) is 0 Å². The van der Waals surface area contributed by atoms with E-state index in [0.717, 1.165) is 23.4 Å². The Kier molecular flexibility index (Phi) is 5.28. The van der Waals surface area contributed by atoms with Gasteiger partial charge in [0.15, 0.2) is 0 Å². The second-order valence-corrected chi connectivity index (χ2v) is 5.04. The maximum Gasteiger partial charge on any atom is 0.123 e. The zero-order valence-corrected chi connectivity index (χ0v) is 12.4. The van der Waals surface area contributed by atoms with Crippen LogP contribution < -0.4 is 10.2 Å². The second kappa shape index (κ2) is 7.18. The molecule has 0 saturated heterocycles. The summed E-state index contributed by atoms with van der Waals surface area (Å²) in [6.45, 7) is 4.01. The van der Waals surface area contributed by atoms with E-state index in [0.29, 0.717) is 13.1 Å². The number of nitrogens with one attached hydrogen (secondary N) is 1. The van der Waals surface area contributed by atoms with Gasteiger partial charge in [0.1, 0.15) is 11.6 Å². The fourth-order valence-electron chi connectivity index (χ4n) is 2.32. The SMILES string of the molecule is CCNCc1cc(F)ccc1N(C)Cc1cccc(F)c1. The molecule has 2 rings (SSSR count). The van der Waals surface area contributed by atoms with Gasteiger partial charge < -0.3 is 10.2 Å². The van der Waals surface area contributed by atoms with Gasteiger partial charge in [-0.1, -0.05) is 19.1 Å². The molecule has 0 aliphatic heterocycles. The lowest BCUT2D eigenvalue weighted by atomic mass is 10.1. The first kappa shape index (κ1) is 15.4. The van der Waals surface area contributed by atoms with Crippen molar-refractivity contribution in [2.45, 2.75) is 20.0 Å². The van der Waals surface area contributed by atoms with Gasteiger partial charge in [-0.25, -0.2) is 8.78 Å². The van der Waals surface area contributed by atoms with Crippen LogP contribution in [0.4, 0.5) is 14.5 Å².